The quantitative estimate of drug-likeness (QED) is 0.853. The van der Waals surface area contributed by atoms with E-state index < -0.39 is 18.9 Å². The van der Waals surface area contributed by atoms with E-state index in [4.69, 9.17) is 11.6 Å². The molecule has 20 heavy (non-hydrogen) atoms. The van der Waals surface area contributed by atoms with Crippen LogP contribution in [0, 0.1) is 6.92 Å². The molecule has 106 valence electrons. The van der Waals surface area contributed by atoms with Gasteiger partial charge in [-0.3, -0.25) is 4.79 Å². The van der Waals surface area contributed by atoms with Crippen LogP contribution in [0.4, 0.5) is 14.5 Å². The maximum Gasteiger partial charge on any atom is 0.277 e. The topological polar surface area (TPSA) is 33.2 Å². The smallest absolute Gasteiger partial charge is 0.277 e. The maximum absolute atomic E-state index is 12.7. The van der Waals surface area contributed by atoms with Gasteiger partial charge in [-0.2, -0.15) is 0 Å². The molecule has 0 aliphatic rings. The molecule has 0 aliphatic carbocycles. The molecule has 0 N–H and O–H groups in total. The van der Waals surface area contributed by atoms with Crippen molar-refractivity contribution in [2.75, 3.05) is 11.4 Å². The van der Waals surface area contributed by atoms with Crippen molar-refractivity contribution in [3.63, 3.8) is 0 Å². The Labute approximate surface area is 123 Å². The fourth-order valence-corrected chi connectivity index (χ4v) is 2.46. The molecule has 0 unspecified atom stereocenters. The number of carbonyl (C=O) groups is 1. The lowest BCUT2D eigenvalue weighted by Crippen LogP contribution is -2.35. The van der Waals surface area contributed by atoms with E-state index >= 15 is 0 Å². The van der Waals surface area contributed by atoms with Crippen LogP contribution in [0.3, 0.4) is 0 Å². The predicted octanol–water partition coefficient (Wildman–Crippen LogP) is 4.02. The zero-order chi connectivity index (χ0) is 14.7. The van der Waals surface area contributed by atoms with E-state index in [1.54, 1.807) is 30.5 Å². The average Bonchev–Trinajstić information content (AvgIpc) is 2.81. The summed E-state index contributed by atoms with van der Waals surface area (Å²) in [5, 5.41) is 2.64. The molecule has 0 aliphatic heterocycles. The molecule has 0 saturated carbocycles. The first-order chi connectivity index (χ1) is 9.47. The Balaban J connectivity index is 2.34. The fraction of sp³-hybridized carbons (Fsp3) is 0.231. The second kappa shape index (κ2) is 6.28. The summed E-state index contributed by atoms with van der Waals surface area (Å²) in [5.74, 6) is -0.558. The van der Waals surface area contributed by atoms with E-state index in [0.29, 0.717) is 15.7 Å². The minimum atomic E-state index is -2.64. The Morgan fingerprint density at radius 2 is 2.25 bits per heavy atom. The van der Waals surface area contributed by atoms with Gasteiger partial charge >= 0.3 is 0 Å². The molecule has 7 heteroatoms. The highest BCUT2D eigenvalue weighted by Crippen LogP contribution is 2.23. The van der Waals surface area contributed by atoms with Crippen LogP contribution in [-0.4, -0.2) is 23.9 Å². The van der Waals surface area contributed by atoms with E-state index in [1.807, 2.05) is 0 Å². The molecule has 0 atom stereocenters. The van der Waals surface area contributed by atoms with Gasteiger partial charge in [0.1, 0.15) is 5.69 Å². The Kier molecular flexibility index (Phi) is 4.67. The van der Waals surface area contributed by atoms with Gasteiger partial charge in [0, 0.05) is 16.1 Å². The lowest BCUT2D eigenvalue weighted by molar-refractivity contribution is 0.0941. The summed E-state index contributed by atoms with van der Waals surface area (Å²) in [6, 6.07) is 6.26. The number of anilines is 1. The van der Waals surface area contributed by atoms with Crippen LogP contribution in [0.1, 0.15) is 15.5 Å². The molecule has 1 heterocycles. The number of carbonyl (C=O) groups excluding carboxylic acids is 1. The van der Waals surface area contributed by atoms with Gasteiger partial charge < -0.3 is 4.90 Å². The zero-order valence-electron chi connectivity index (χ0n) is 10.5. The highest BCUT2D eigenvalue weighted by Gasteiger charge is 2.23. The van der Waals surface area contributed by atoms with Crippen LogP contribution >= 0.6 is 22.9 Å². The third-order valence-corrected chi connectivity index (χ3v) is 3.53. The minimum absolute atomic E-state index is 0.160. The summed E-state index contributed by atoms with van der Waals surface area (Å²) in [6.45, 7) is 1.05. The van der Waals surface area contributed by atoms with E-state index in [0.717, 1.165) is 4.90 Å². The van der Waals surface area contributed by atoms with Crippen molar-refractivity contribution in [3.05, 3.63) is 45.4 Å². The second-order valence-electron chi connectivity index (χ2n) is 4.04. The van der Waals surface area contributed by atoms with Crippen LogP contribution in [0.25, 0.3) is 0 Å². The number of alkyl halides is 2. The van der Waals surface area contributed by atoms with Gasteiger partial charge in [0.2, 0.25) is 0 Å². The molecule has 1 aromatic heterocycles. The molecular weight excluding hydrogens is 306 g/mol. The summed E-state index contributed by atoms with van der Waals surface area (Å²) >= 11 is 7.14. The van der Waals surface area contributed by atoms with Gasteiger partial charge in [0.15, 0.2) is 0 Å². The average molecular weight is 317 g/mol. The fourth-order valence-electron chi connectivity index (χ4n) is 1.69. The van der Waals surface area contributed by atoms with Crippen molar-refractivity contribution >= 4 is 34.5 Å². The van der Waals surface area contributed by atoms with Crippen LogP contribution in [-0.2, 0) is 0 Å². The summed E-state index contributed by atoms with van der Waals surface area (Å²) in [6.07, 6.45) is -2.64. The van der Waals surface area contributed by atoms with Crippen LogP contribution in [0.5, 0.6) is 0 Å². The zero-order valence-corrected chi connectivity index (χ0v) is 12.1. The number of nitrogens with zero attached hydrogens (tertiary/aromatic N) is 2. The summed E-state index contributed by atoms with van der Waals surface area (Å²) < 4.78 is 25.4. The third kappa shape index (κ3) is 3.52. The monoisotopic (exact) mass is 316 g/mol. The molecule has 1 aromatic carbocycles. The van der Waals surface area contributed by atoms with E-state index in [-0.39, 0.29) is 5.69 Å². The lowest BCUT2D eigenvalue weighted by atomic mass is 10.2. The molecule has 2 rings (SSSR count). The summed E-state index contributed by atoms with van der Waals surface area (Å²) in [7, 11) is 0. The molecule has 1 amide bonds. The van der Waals surface area contributed by atoms with Gasteiger partial charge in [-0.25, -0.2) is 13.8 Å². The van der Waals surface area contributed by atoms with Gasteiger partial charge in [0.05, 0.1) is 11.6 Å². The number of thiazole rings is 1. The minimum Gasteiger partial charge on any atom is -0.301 e. The molecule has 0 saturated heterocycles. The third-order valence-electron chi connectivity index (χ3n) is 2.52. The van der Waals surface area contributed by atoms with Crippen LogP contribution < -0.4 is 4.90 Å². The molecule has 0 spiro atoms. The molecule has 0 radical (unpaired) electrons. The van der Waals surface area contributed by atoms with Crippen molar-refractivity contribution in [3.8, 4) is 0 Å². The Morgan fingerprint density at radius 1 is 1.50 bits per heavy atom. The number of hydrogen-bond donors (Lipinski definition) is 0. The first kappa shape index (κ1) is 14.9. The number of hydrogen-bond acceptors (Lipinski definition) is 3. The number of aromatic nitrogens is 1. The number of amides is 1. The lowest BCUT2D eigenvalue weighted by Gasteiger charge is -2.21. The molecule has 2 aromatic rings. The van der Waals surface area contributed by atoms with Crippen LogP contribution in [0.2, 0.25) is 5.02 Å². The normalized spacial score (nSPS) is 10.8. The number of aryl methyl sites for hydroxylation is 1. The highest BCUT2D eigenvalue weighted by molar-refractivity contribution is 7.09. The molecule has 0 bridgehead atoms. The number of rotatable bonds is 4. The van der Waals surface area contributed by atoms with Crippen molar-refractivity contribution in [1.29, 1.82) is 0 Å². The Morgan fingerprint density at radius 3 is 2.80 bits per heavy atom. The van der Waals surface area contributed by atoms with Gasteiger partial charge in [0.25, 0.3) is 12.3 Å². The Bertz CT molecular complexity index is 618. The molecule has 3 nitrogen and oxygen atoms in total. The van der Waals surface area contributed by atoms with Crippen molar-refractivity contribution in [1.82, 2.24) is 4.98 Å². The Hall–Kier alpha value is -1.53. The highest BCUT2D eigenvalue weighted by atomic mass is 35.5. The van der Waals surface area contributed by atoms with E-state index in [1.165, 1.54) is 17.4 Å². The van der Waals surface area contributed by atoms with Gasteiger partial charge in [-0.1, -0.05) is 17.7 Å². The number of benzene rings is 1. The predicted molar refractivity (Wildman–Crippen MR) is 76.0 cm³/mol. The van der Waals surface area contributed by atoms with E-state index in [2.05, 4.69) is 4.98 Å². The number of halogens is 3. The van der Waals surface area contributed by atoms with Crippen molar-refractivity contribution in [2.45, 2.75) is 13.3 Å². The summed E-state index contributed by atoms with van der Waals surface area (Å²) in [5.41, 5.74) is 0.488. The van der Waals surface area contributed by atoms with Crippen molar-refractivity contribution < 1.29 is 13.6 Å². The van der Waals surface area contributed by atoms with Crippen molar-refractivity contribution in [2.24, 2.45) is 0 Å². The second-order valence-corrected chi connectivity index (χ2v) is 5.54. The van der Waals surface area contributed by atoms with Gasteiger partial charge in [-0.05, 0) is 25.1 Å². The largest absolute Gasteiger partial charge is 0.301 e. The molecule has 0 fully saturated rings. The first-order valence-corrected chi connectivity index (χ1v) is 7.01. The SMILES string of the molecule is Cc1nc(C(=O)N(CC(F)F)c2cccc(Cl)c2)cs1. The standard InChI is InChI=1S/C13H11ClF2N2OS/c1-8-17-11(7-20-8)13(19)18(6-12(15)16)10-4-2-3-9(14)5-10/h2-5,7,12H,6H2,1H3. The summed E-state index contributed by atoms with van der Waals surface area (Å²) in [4.78, 5) is 17.3. The van der Waals surface area contributed by atoms with E-state index in [9.17, 15) is 13.6 Å². The first-order valence-electron chi connectivity index (χ1n) is 5.75. The van der Waals surface area contributed by atoms with Gasteiger partial charge in [-0.15, -0.1) is 11.3 Å². The van der Waals surface area contributed by atoms with Crippen LogP contribution in [0.15, 0.2) is 29.6 Å². The molecular formula is C13H11ClF2N2OS. The maximum atomic E-state index is 12.7.